The topological polar surface area (TPSA) is 85.9 Å². The van der Waals surface area contributed by atoms with Gasteiger partial charge in [0.25, 0.3) is 0 Å². The van der Waals surface area contributed by atoms with Crippen molar-refractivity contribution in [3.63, 3.8) is 0 Å². The van der Waals surface area contributed by atoms with Crippen LogP contribution < -0.4 is 20.1 Å². The molecule has 0 fully saturated rings. The lowest BCUT2D eigenvalue weighted by Crippen LogP contribution is -2.27. The molecular formula is C22H28N2O5. The molecule has 2 aromatic rings. The summed E-state index contributed by atoms with van der Waals surface area (Å²) in [4.78, 5) is 24.4. The van der Waals surface area contributed by atoms with E-state index in [4.69, 9.17) is 14.2 Å². The molecule has 2 rings (SSSR count). The lowest BCUT2D eigenvalue weighted by molar-refractivity contribution is -0.115. The molecule has 0 aliphatic carbocycles. The van der Waals surface area contributed by atoms with Gasteiger partial charge in [0.15, 0.2) is 0 Å². The van der Waals surface area contributed by atoms with Crippen molar-refractivity contribution in [1.29, 1.82) is 0 Å². The number of anilines is 2. The van der Waals surface area contributed by atoms with Crippen molar-refractivity contribution in [2.45, 2.75) is 39.7 Å². The zero-order valence-corrected chi connectivity index (χ0v) is 17.5. The van der Waals surface area contributed by atoms with E-state index in [-0.39, 0.29) is 12.3 Å². The lowest BCUT2D eigenvalue weighted by atomic mass is 10.1. The number of ether oxygens (including phenoxy) is 3. The zero-order chi connectivity index (χ0) is 21.4. The molecule has 0 atom stereocenters. The molecule has 2 amide bonds. The Morgan fingerprint density at radius 2 is 1.69 bits per heavy atom. The Labute approximate surface area is 171 Å². The van der Waals surface area contributed by atoms with E-state index in [0.717, 1.165) is 11.3 Å². The Bertz CT molecular complexity index is 841. The summed E-state index contributed by atoms with van der Waals surface area (Å²) in [7, 11) is 1.50. The fraction of sp³-hybridized carbons (Fsp3) is 0.364. The van der Waals surface area contributed by atoms with Crippen molar-refractivity contribution >= 4 is 23.4 Å². The summed E-state index contributed by atoms with van der Waals surface area (Å²) in [5.41, 5.74) is 1.18. The Kier molecular flexibility index (Phi) is 7.47. The van der Waals surface area contributed by atoms with Crippen LogP contribution in [0.15, 0.2) is 42.5 Å². The largest absolute Gasteiger partial charge is 0.495 e. The minimum absolute atomic E-state index is 0.178. The highest BCUT2D eigenvalue weighted by Gasteiger charge is 2.18. The van der Waals surface area contributed by atoms with Crippen LogP contribution in [0.1, 0.15) is 33.3 Å². The fourth-order valence-corrected chi connectivity index (χ4v) is 2.56. The predicted molar refractivity (Wildman–Crippen MR) is 113 cm³/mol. The number of hydrogen-bond donors (Lipinski definition) is 2. The maximum atomic E-state index is 12.4. The van der Waals surface area contributed by atoms with E-state index in [9.17, 15) is 9.59 Å². The summed E-state index contributed by atoms with van der Waals surface area (Å²) in [5.74, 6) is 1.05. The van der Waals surface area contributed by atoms with Gasteiger partial charge in [0, 0.05) is 5.69 Å². The van der Waals surface area contributed by atoms with Gasteiger partial charge in [0.05, 0.1) is 25.8 Å². The number of nitrogens with one attached hydrogen (secondary N) is 2. The van der Waals surface area contributed by atoms with Crippen LogP contribution in [0.4, 0.5) is 16.2 Å². The molecule has 7 nitrogen and oxygen atoms in total. The maximum absolute atomic E-state index is 12.4. The number of rotatable bonds is 7. The van der Waals surface area contributed by atoms with Gasteiger partial charge in [-0.15, -0.1) is 0 Å². The van der Waals surface area contributed by atoms with E-state index in [1.807, 2.05) is 31.2 Å². The van der Waals surface area contributed by atoms with Crippen molar-refractivity contribution in [2.75, 3.05) is 24.4 Å². The van der Waals surface area contributed by atoms with E-state index in [1.165, 1.54) is 7.11 Å². The molecule has 7 heteroatoms. The van der Waals surface area contributed by atoms with E-state index >= 15 is 0 Å². The highest BCUT2D eigenvalue weighted by atomic mass is 16.6. The normalized spacial score (nSPS) is 10.8. The van der Waals surface area contributed by atoms with Gasteiger partial charge in [0.1, 0.15) is 17.1 Å². The fourth-order valence-electron chi connectivity index (χ4n) is 2.56. The van der Waals surface area contributed by atoms with Crippen LogP contribution in [0.5, 0.6) is 11.5 Å². The summed E-state index contributed by atoms with van der Waals surface area (Å²) >= 11 is 0. The first-order valence-corrected chi connectivity index (χ1v) is 9.40. The number of carbonyl (C=O) groups is 2. The van der Waals surface area contributed by atoms with Crippen LogP contribution in [0, 0.1) is 0 Å². The number of benzene rings is 2. The summed E-state index contributed by atoms with van der Waals surface area (Å²) in [6, 6.07) is 12.4. The van der Waals surface area contributed by atoms with Gasteiger partial charge in [0.2, 0.25) is 5.91 Å². The van der Waals surface area contributed by atoms with Gasteiger partial charge >= 0.3 is 6.09 Å². The molecule has 2 N–H and O–H groups in total. The van der Waals surface area contributed by atoms with Crippen molar-refractivity contribution in [3.05, 3.63) is 48.0 Å². The second-order valence-corrected chi connectivity index (χ2v) is 7.34. The highest BCUT2D eigenvalue weighted by molar-refractivity contribution is 5.94. The monoisotopic (exact) mass is 400 g/mol. The zero-order valence-electron chi connectivity index (χ0n) is 17.5. The van der Waals surface area contributed by atoms with Gasteiger partial charge in [-0.05, 0) is 63.6 Å². The van der Waals surface area contributed by atoms with Gasteiger partial charge in [-0.2, -0.15) is 0 Å². The molecule has 156 valence electrons. The third kappa shape index (κ3) is 7.37. The average molecular weight is 400 g/mol. The lowest BCUT2D eigenvalue weighted by Gasteiger charge is -2.20. The first-order chi connectivity index (χ1) is 13.7. The van der Waals surface area contributed by atoms with Crippen LogP contribution in [0.2, 0.25) is 0 Å². The molecule has 0 unspecified atom stereocenters. The molecule has 0 radical (unpaired) electrons. The second kappa shape index (κ2) is 9.82. The average Bonchev–Trinajstić information content (AvgIpc) is 2.62. The van der Waals surface area contributed by atoms with Crippen molar-refractivity contribution in [1.82, 2.24) is 0 Å². The Hall–Kier alpha value is -3.22. The maximum Gasteiger partial charge on any atom is 0.412 e. The van der Waals surface area contributed by atoms with Gasteiger partial charge < -0.3 is 19.5 Å². The smallest absolute Gasteiger partial charge is 0.412 e. The minimum atomic E-state index is -0.624. The number of carbonyl (C=O) groups excluding carboxylic acids is 2. The second-order valence-electron chi connectivity index (χ2n) is 7.34. The molecule has 0 saturated heterocycles. The molecule has 0 spiro atoms. The standard InChI is InChI=1S/C22H28N2O5/c1-6-28-17-10-7-15(8-11-17)13-20(25)23-16-9-12-19(27-5)18(14-16)24-21(26)29-22(2,3)4/h7-12,14H,6,13H2,1-5H3,(H,23,25)(H,24,26). The van der Waals surface area contributed by atoms with Crippen molar-refractivity contribution in [2.24, 2.45) is 0 Å². The molecule has 0 bridgehead atoms. The molecule has 0 aromatic heterocycles. The predicted octanol–water partition coefficient (Wildman–Crippen LogP) is 4.62. The summed E-state index contributed by atoms with van der Waals surface area (Å²) < 4.78 is 15.9. The number of hydrogen-bond acceptors (Lipinski definition) is 5. The number of methoxy groups -OCH3 is 1. The van der Waals surface area contributed by atoms with Crippen LogP contribution in [-0.4, -0.2) is 31.3 Å². The minimum Gasteiger partial charge on any atom is -0.495 e. The highest BCUT2D eigenvalue weighted by Crippen LogP contribution is 2.28. The third-order valence-corrected chi connectivity index (χ3v) is 3.72. The van der Waals surface area contributed by atoms with Crippen LogP contribution in [0.3, 0.4) is 0 Å². The van der Waals surface area contributed by atoms with E-state index in [2.05, 4.69) is 10.6 Å². The van der Waals surface area contributed by atoms with Gasteiger partial charge in [-0.25, -0.2) is 4.79 Å². The Balaban J connectivity index is 2.04. The van der Waals surface area contributed by atoms with E-state index < -0.39 is 11.7 Å². The van der Waals surface area contributed by atoms with Crippen LogP contribution in [-0.2, 0) is 16.0 Å². The first-order valence-electron chi connectivity index (χ1n) is 9.40. The molecule has 0 heterocycles. The van der Waals surface area contributed by atoms with Crippen molar-refractivity contribution < 1.29 is 23.8 Å². The Morgan fingerprint density at radius 1 is 1.00 bits per heavy atom. The molecule has 29 heavy (non-hydrogen) atoms. The molecule has 0 aliphatic heterocycles. The third-order valence-electron chi connectivity index (χ3n) is 3.72. The first kappa shape index (κ1) is 22.1. The Morgan fingerprint density at radius 3 is 2.28 bits per heavy atom. The van der Waals surface area contributed by atoms with Crippen LogP contribution >= 0.6 is 0 Å². The quantitative estimate of drug-likeness (QED) is 0.708. The van der Waals surface area contributed by atoms with Crippen LogP contribution in [0.25, 0.3) is 0 Å². The molecular weight excluding hydrogens is 372 g/mol. The van der Waals surface area contributed by atoms with E-state index in [0.29, 0.717) is 23.7 Å². The summed E-state index contributed by atoms with van der Waals surface area (Å²) in [6.45, 7) is 7.85. The van der Waals surface area contributed by atoms with Gasteiger partial charge in [-0.3, -0.25) is 10.1 Å². The summed E-state index contributed by atoms with van der Waals surface area (Å²) in [5, 5.41) is 5.47. The SMILES string of the molecule is CCOc1ccc(CC(=O)Nc2ccc(OC)c(NC(=O)OC(C)(C)C)c2)cc1. The molecule has 2 aromatic carbocycles. The molecule has 0 saturated carbocycles. The van der Waals surface area contributed by atoms with Crippen molar-refractivity contribution in [3.8, 4) is 11.5 Å². The number of amides is 2. The molecule has 0 aliphatic rings. The van der Waals surface area contributed by atoms with E-state index in [1.54, 1.807) is 39.0 Å². The van der Waals surface area contributed by atoms with Gasteiger partial charge in [-0.1, -0.05) is 12.1 Å². The summed E-state index contributed by atoms with van der Waals surface area (Å²) in [6.07, 6.45) is -0.388.